The Morgan fingerprint density at radius 1 is 1.21 bits per heavy atom. The molecule has 11 nitrogen and oxygen atoms in total. The lowest BCUT2D eigenvalue weighted by atomic mass is 10.1. The first-order valence-corrected chi connectivity index (χ1v) is 8.14. The highest BCUT2D eigenvalue weighted by molar-refractivity contribution is 5.98. The minimum absolute atomic E-state index is 0.0856. The summed E-state index contributed by atoms with van der Waals surface area (Å²) >= 11 is 0. The fourth-order valence-electron chi connectivity index (χ4n) is 2.55. The third-order valence-electron chi connectivity index (χ3n) is 3.66. The maximum Gasteiger partial charge on any atom is 0.271 e. The topological polar surface area (TPSA) is 150 Å². The van der Waals surface area contributed by atoms with Crippen LogP contribution in [-0.4, -0.2) is 43.9 Å². The number of carbonyl (C=O) groups excluding carboxylic acids is 2. The molecule has 11 heteroatoms. The van der Waals surface area contributed by atoms with Crippen molar-refractivity contribution in [2.75, 3.05) is 17.7 Å². The second-order valence-corrected chi connectivity index (χ2v) is 5.79. The minimum Gasteiger partial charge on any atom is -0.494 e. The standard InChI is InChI=1S/C17H18N8O3/c1-9(26)20-13-7-12(14(16(18)27)23-22-13)21-11-6-4-5-10(15(11)28-3)17-19-8-25(2)24-17/h4-8H,1-3H3,(H2,18,27)(H2,20,21,22,26). The van der Waals surface area contributed by atoms with E-state index in [9.17, 15) is 9.59 Å². The number of aromatic nitrogens is 5. The number of nitrogens with one attached hydrogen (secondary N) is 2. The second-order valence-electron chi connectivity index (χ2n) is 5.79. The highest BCUT2D eigenvalue weighted by Crippen LogP contribution is 2.36. The number of carbonyl (C=O) groups is 2. The molecule has 0 spiro atoms. The van der Waals surface area contributed by atoms with Gasteiger partial charge in [-0.05, 0) is 12.1 Å². The van der Waals surface area contributed by atoms with Gasteiger partial charge in [-0.3, -0.25) is 14.3 Å². The number of aryl methyl sites for hydroxylation is 1. The van der Waals surface area contributed by atoms with Gasteiger partial charge in [0.05, 0.1) is 24.0 Å². The van der Waals surface area contributed by atoms with Crippen LogP contribution in [0.3, 0.4) is 0 Å². The normalized spacial score (nSPS) is 10.4. The zero-order valence-corrected chi connectivity index (χ0v) is 15.4. The molecule has 0 aliphatic heterocycles. The van der Waals surface area contributed by atoms with E-state index in [-0.39, 0.29) is 23.1 Å². The number of rotatable bonds is 6. The molecule has 2 aromatic heterocycles. The van der Waals surface area contributed by atoms with Crippen molar-refractivity contribution in [3.8, 4) is 17.1 Å². The monoisotopic (exact) mass is 382 g/mol. The number of amides is 2. The summed E-state index contributed by atoms with van der Waals surface area (Å²) in [5.41, 5.74) is 6.74. The predicted molar refractivity (Wildman–Crippen MR) is 101 cm³/mol. The minimum atomic E-state index is -0.772. The quantitative estimate of drug-likeness (QED) is 0.573. The molecule has 2 amide bonds. The summed E-state index contributed by atoms with van der Waals surface area (Å²) in [6.45, 7) is 1.34. The molecule has 0 fully saturated rings. The van der Waals surface area contributed by atoms with Crippen molar-refractivity contribution in [2.45, 2.75) is 6.92 Å². The third kappa shape index (κ3) is 3.87. The Morgan fingerprint density at radius 2 is 2.00 bits per heavy atom. The number of methoxy groups -OCH3 is 1. The van der Waals surface area contributed by atoms with E-state index in [2.05, 4.69) is 30.9 Å². The van der Waals surface area contributed by atoms with Crippen molar-refractivity contribution in [1.29, 1.82) is 0 Å². The third-order valence-corrected chi connectivity index (χ3v) is 3.66. The van der Waals surface area contributed by atoms with Crippen LogP contribution < -0.4 is 21.1 Å². The fraction of sp³-hybridized carbons (Fsp3) is 0.176. The molecule has 0 aliphatic rings. The van der Waals surface area contributed by atoms with Gasteiger partial charge in [0.25, 0.3) is 5.91 Å². The van der Waals surface area contributed by atoms with Crippen molar-refractivity contribution in [2.24, 2.45) is 12.8 Å². The van der Waals surface area contributed by atoms with Gasteiger partial charge in [-0.25, -0.2) is 4.98 Å². The molecule has 0 radical (unpaired) electrons. The molecular formula is C17H18N8O3. The molecule has 0 aliphatic carbocycles. The van der Waals surface area contributed by atoms with Gasteiger partial charge in [-0.2, -0.15) is 5.10 Å². The summed E-state index contributed by atoms with van der Waals surface area (Å²) in [6, 6.07) is 6.79. The molecule has 0 saturated heterocycles. The number of hydrogen-bond donors (Lipinski definition) is 3. The summed E-state index contributed by atoms with van der Waals surface area (Å²) in [7, 11) is 3.27. The number of anilines is 3. The molecule has 3 aromatic rings. The van der Waals surface area contributed by atoms with Gasteiger partial charge in [0.2, 0.25) is 5.91 Å². The van der Waals surface area contributed by atoms with Crippen molar-refractivity contribution in [3.63, 3.8) is 0 Å². The highest BCUT2D eigenvalue weighted by Gasteiger charge is 2.18. The van der Waals surface area contributed by atoms with Gasteiger partial charge in [0.1, 0.15) is 6.33 Å². The summed E-state index contributed by atoms with van der Waals surface area (Å²) < 4.78 is 7.11. The number of para-hydroxylation sites is 1. The lowest BCUT2D eigenvalue weighted by Crippen LogP contribution is -2.18. The van der Waals surface area contributed by atoms with E-state index in [1.807, 2.05) is 6.07 Å². The SMILES string of the molecule is COc1c(Nc2cc(NC(C)=O)nnc2C(N)=O)cccc1-c1ncn(C)n1. The van der Waals surface area contributed by atoms with E-state index in [4.69, 9.17) is 10.5 Å². The number of primary amides is 1. The maximum atomic E-state index is 11.7. The van der Waals surface area contributed by atoms with E-state index >= 15 is 0 Å². The smallest absolute Gasteiger partial charge is 0.271 e. The maximum absolute atomic E-state index is 11.7. The van der Waals surface area contributed by atoms with E-state index < -0.39 is 5.91 Å². The Morgan fingerprint density at radius 3 is 2.61 bits per heavy atom. The van der Waals surface area contributed by atoms with Crippen LogP contribution in [0.2, 0.25) is 0 Å². The average Bonchev–Trinajstić information content (AvgIpc) is 3.07. The van der Waals surface area contributed by atoms with Crippen LogP contribution >= 0.6 is 0 Å². The summed E-state index contributed by atoms with van der Waals surface area (Å²) in [5, 5.41) is 17.4. The molecule has 0 unspecified atom stereocenters. The zero-order chi connectivity index (χ0) is 20.3. The number of benzene rings is 1. The molecule has 3 rings (SSSR count). The molecular weight excluding hydrogens is 364 g/mol. The van der Waals surface area contributed by atoms with Crippen LogP contribution in [0, 0.1) is 0 Å². The summed E-state index contributed by atoms with van der Waals surface area (Å²) in [5.74, 6) is 0.00667. The van der Waals surface area contributed by atoms with Gasteiger partial charge >= 0.3 is 0 Å². The van der Waals surface area contributed by atoms with E-state index in [1.165, 1.54) is 20.1 Å². The molecule has 4 N–H and O–H groups in total. The number of nitrogens with two attached hydrogens (primary N) is 1. The Bertz CT molecular complexity index is 1050. The molecule has 28 heavy (non-hydrogen) atoms. The summed E-state index contributed by atoms with van der Waals surface area (Å²) in [6.07, 6.45) is 1.58. The first-order chi connectivity index (χ1) is 13.4. The van der Waals surface area contributed by atoms with Gasteiger partial charge in [0, 0.05) is 20.0 Å². The Kier molecular flexibility index (Phi) is 5.16. The number of ether oxygens (including phenoxy) is 1. The van der Waals surface area contributed by atoms with E-state index in [0.717, 1.165) is 0 Å². The molecule has 0 saturated carbocycles. The Balaban J connectivity index is 2.06. The molecule has 2 heterocycles. The Hall–Kier alpha value is -4.02. The average molecular weight is 382 g/mol. The first kappa shape index (κ1) is 18.8. The first-order valence-electron chi connectivity index (χ1n) is 8.14. The van der Waals surface area contributed by atoms with E-state index in [1.54, 1.807) is 30.2 Å². The van der Waals surface area contributed by atoms with Crippen LogP contribution in [0.4, 0.5) is 17.2 Å². The predicted octanol–water partition coefficient (Wildman–Crippen LogP) is 1.08. The van der Waals surface area contributed by atoms with Crippen LogP contribution in [0.25, 0.3) is 11.4 Å². The molecule has 0 atom stereocenters. The van der Waals surface area contributed by atoms with E-state index in [0.29, 0.717) is 22.8 Å². The van der Waals surface area contributed by atoms with Crippen LogP contribution in [0.15, 0.2) is 30.6 Å². The van der Waals surface area contributed by atoms with Gasteiger partial charge < -0.3 is 21.1 Å². The largest absolute Gasteiger partial charge is 0.494 e. The molecule has 144 valence electrons. The van der Waals surface area contributed by atoms with Crippen LogP contribution in [0.1, 0.15) is 17.4 Å². The second kappa shape index (κ2) is 7.70. The van der Waals surface area contributed by atoms with Crippen LogP contribution in [0.5, 0.6) is 5.75 Å². The zero-order valence-electron chi connectivity index (χ0n) is 15.4. The number of nitrogens with zero attached hydrogens (tertiary/aromatic N) is 5. The van der Waals surface area contributed by atoms with Crippen molar-refractivity contribution in [1.82, 2.24) is 25.0 Å². The lowest BCUT2D eigenvalue weighted by Gasteiger charge is -2.15. The number of hydrogen-bond acceptors (Lipinski definition) is 8. The fourth-order valence-corrected chi connectivity index (χ4v) is 2.55. The van der Waals surface area contributed by atoms with Crippen molar-refractivity contribution < 1.29 is 14.3 Å². The van der Waals surface area contributed by atoms with Crippen LogP contribution in [-0.2, 0) is 11.8 Å². The van der Waals surface area contributed by atoms with Gasteiger partial charge in [0.15, 0.2) is 23.1 Å². The van der Waals surface area contributed by atoms with Gasteiger partial charge in [-0.1, -0.05) is 6.07 Å². The van der Waals surface area contributed by atoms with Crippen molar-refractivity contribution in [3.05, 3.63) is 36.3 Å². The van der Waals surface area contributed by atoms with Crippen molar-refractivity contribution >= 4 is 29.0 Å². The highest BCUT2D eigenvalue weighted by atomic mass is 16.5. The van der Waals surface area contributed by atoms with Gasteiger partial charge in [-0.15, -0.1) is 10.2 Å². The molecule has 1 aromatic carbocycles. The lowest BCUT2D eigenvalue weighted by molar-refractivity contribution is -0.114. The molecule has 0 bridgehead atoms. The summed E-state index contributed by atoms with van der Waals surface area (Å²) in [4.78, 5) is 27.2. The Labute approximate surface area is 159 Å².